The molecule has 0 atom stereocenters. The van der Waals surface area contributed by atoms with Crippen LogP contribution in [0.4, 0.5) is 0 Å². The van der Waals surface area contributed by atoms with Crippen molar-refractivity contribution in [2.75, 3.05) is 0 Å². The molecule has 2 aromatic rings. The molecule has 0 radical (unpaired) electrons. The molecule has 2 aromatic carbocycles. The third-order valence-electron chi connectivity index (χ3n) is 6.05. The molecule has 0 amide bonds. The molecule has 0 saturated carbocycles. The molecule has 0 spiro atoms. The van der Waals surface area contributed by atoms with Gasteiger partial charge < -0.3 is 9.47 Å². The van der Waals surface area contributed by atoms with Crippen LogP contribution in [0.5, 0.6) is 0 Å². The largest absolute Gasteiger partial charge is 0.372 e. The number of benzene rings is 2. The smallest absolute Gasteiger partial charge is 0.117 e. The molecule has 2 aliphatic rings. The first-order valence-electron chi connectivity index (χ1n) is 8.94. The minimum absolute atomic E-state index is 0.604. The lowest BCUT2D eigenvalue weighted by molar-refractivity contribution is 0.134. The minimum Gasteiger partial charge on any atom is -0.372 e. The van der Waals surface area contributed by atoms with Gasteiger partial charge in [0.25, 0.3) is 0 Å². The molecule has 150 valence electrons. The highest BCUT2D eigenvalue weighted by Gasteiger charge is 2.32. The van der Waals surface area contributed by atoms with Gasteiger partial charge in [0.1, 0.15) is 13.3 Å². The summed E-state index contributed by atoms with van der Waals surface area (Å²) in [7, 11) is 0. The highest BCUT2D eigenvalue weighted by Crippen LogP contribution is 2.55. The van der Waals surface area contributed by atoms with Crippen LogP contribution in [-0.4, -0.2) is 0 Å². The fourth-order valence-electron chi connectivity index (χ4n) is 4.55. The van der Waals surface area contributed by atoms with Gasteiger partial charge in [-0.2, -0.15) is 0 Å². The monoisotopic (exact) mass is 494 g/mol. The average molecular weight is 496 g/mol. The quantitative estimate of drug-likeness (QED) is 0.411. The molecule has 0 aliphatic carbocycles. The summed E-state index contributed by atoms with van der Waals surface area (Å²) in [6.07, 6.45) is 0. The lowest BCUT2D eigenvalue weighted by Gasteiger charge is -2.26. The van der Waals surface area contributed by atoms with E-state index in [2.05, 4.69) is 27.7 Å². The average Bonchev–Trinajstić information content (AvgIpc) is 3.30. The van der Waals surface area contributed by atoms with Crippen molar-refractivity contribution in [2.45, 2.75) is 54.1 Å². The van der Waals surface area contributed by atoms with Crippen molar-refractivity contribution in [2.24, 2.45) is 0 Å². The van der Waals surface area contributed by atoms with E-state index in [-0.39, 0.29) is 0 Å². The molecular formula is C20H20Cl4O2P2. The van der Waals surface area contributed by atoms with Crippen LogP contribution in [-0.2, 0) is 35.9 Å². The summed E-state index contributed by atoms with van der Waals surface area (Å²) in [4.78, 5) is 0. The Hall–Kier alpha value is 0.380. The zero-order chi connectivity index (χ0) is 20.3. The van der Waals surface area contributed by atoms with Crippen molar-refractivity contribution < 1.29 is 9.47 Å². The molecule has 0 aromatic heterocycles. The van der Waals surface area contributed by atoms with Crippen LogP contribution in [0.1, 0.15) is 44.5 Å². The first-order valence-corrected chi connectivity index (χ1v) is 15.2. The van der Waals surface area contributed by atoms with Crippen molar-refractivity contribution in [3.8, 4) is 11.1 Å². The zero-order valence-electron chi connectivity index (χ0n) is 16.1. The molecule has 0 fully saturated rings. The minimum atomic E-state index is -1.36. The van der Waals surface area contributed by atoms with Gasteiger partial charge in [0.2, 0.25) is 0 Å². The Kier molecular flexibility index (Phi) is 6.28. The fourth-order valence-corrected chi connectivity index (χ4v) is 8.76. The van der Waals surface area contributed by atoms with E-state index >= 15 is 0 Å². The van der Waals surface area contributed by atoms with Gasteiger partial charge in [-0.05, 0) is 83.3 Å². The van der Waals surface area contributed by atoms with E-state index in [1.165, 1.54) is 22.3 Å². The van der Waals surface area contributed by atoms with Gasteiger partial charge in [-0.15, -0.1) is 0 Å². The topological polar surface area (TPSA) is 18.5 Å². The second-order valence-corrected chi connectivity index (χ2v) is 14.2. The van der Waals surface area contributed by atoms with Crippen molar-refractivity contribution >= 4 is 68.8 Å². The number of ether oxygens (including phenoxy) is 2. The number of fused-ring (bicyclic) bond motifs is 2. The normalized spacial score (nSPS) is 15.6. The molecule has 8 heteroatoms. The number of halogens is 4. The summed E-state index contributed by atoms with van der Waals surface area (Å²) in [6.45, 7) is 8.14. The standard InChI is InChI=1S/C20H20Cl4O2P2/c1-9-13-5-25-7-15(13)11(3)19(27(21)22)17(9)18-10(2)14-6-26-8-16(14)12(4)20(18)28(23)24/h5-8H2,1-4H3. The van der Waals surface area contributed by atoms with Gasteiger partial charge in [-0.25, -0.2) is 0 Å². The van der Waals surface area contributed by atoms with Crippen molar-refractivity contribution in [3.05, 3.63) is 44.5 Å². The highest BCUT2D eigenvalue weighted by atomic mass is 35.9. The Morgan fingerprint density at radius 1 is 0.536 bits per heavy atom. The molecular weight excluding hydrogens is 476 g/mol. The maximum atomic E-state index is 6.58. The van der Waals surface area contributed by atoms with Crippen molar-refractivity contribution in [1.82, 2.24) is 0 Å². The number of rotatable bonds is 3. The van der Waals surface area contributed by atoms with Gasteiger partial charge in [0, 0.05) is 10.6 Å². The molecule has 2 aliphatic heterocycles. The molecule has 2 heterocycles. The maximum absolute atomic E-state index is 6.58. The summed E-state index contributed by atoms with van der Waals surface area (Å²) < 4.78 is 11.5. The summed E-state index contributed by atoms with van der Waals surface area (Å²) in [5.41, 5.74) is 11.6. The van der Waals surface area contributed by atoms with Crippen molar-refractivity contribution in [3.63, 3.8) is 0 Å². The van der Waals surface area contributed by atoms with Gasteiger partial charge in [0.05, 0.1) is 26.4 Å². The predicted octanol–water partition coefficient (Wildman–Crippen LogP) is 7.48. The van der Waals surface area contributed by atoms with Crippen LogP contribution < -0.4 is 10.6 Å². The fraction of sp³-hybridized carbons (Fsp3) is 0.400. The highest BCUT2D eigenvalue weighted by molar-refractivity contribution is 8.09. The lowest BCUT2D eigenvalue weighted by Crippen LogP contribution is -2.20. The molecule has 28 heavy (non-hydrogen) atoms. The summed E-state index contributed by atoms with van der Waals surface area (Å²) in [5.74, 6) is 0. The van der Waals surface area contributed by atoms with Crippen LogP contribution in [0.2, 0.25) is 0 Å². The van der Waals surface area contributed by atoms with E-state index in [0.717, 1.165) is 44.0 Å². The zero-order valence-corrected chi connectivity index (χ0v) is 20.9. The summed E-state index contributed by atoms with van der Waals surface area (Å²) >= 11 is 26.3. The summed E-state index contributed by atoms with van der Waals surface area (Å²) in [5, 5.41) is 1.99. The van der Waals surface area contributed by atoms with Crippen LogP contribution in [0.3, 0.4) is 0 Å². The van der Waals surface area contributed by atoms with Crippen LogP contribution in [0.15, 0.2) is 0 Å². The number of hydrogen-bond donors (Lipinski definition) is 0. The van der Waals surface area contributed by atoms with Crippen LogP contribution in [0.25, 0.3) is 11.1 Å². The first-order chi connectivity index (χ1) is 13.3. The molecule has 2 nitrogen and oxygen atoms in total. The SMILES string of the molecule is Cc1c2c(c(C)c(P(Cl)Cl)c1-c1c(C)c3c(c(C)c1P(Cl)Cl)COC3)COC2. The summed E-state index contributed by atoms with van der Waals surface area (Å²) in [6, 6.07) is 0. The van der Waals surface area contributed by atoms with Gasteiger partial charge in [-0.1, -0.05) is 45.0 Å². The van der Waals surface area contributed by atoms with E-state index in [9.17, 15) is 0 Å². The third-order valence-corrected chi connectivity index (χ3v) is 9.87. The van der Waals surface area contributed by atoms with E-state index < -0.39 is 13.3 Å². The predicted molar refractivity (Wildman–Crippen MR) is 124 cm³/mol. The molecule has 0 unspecified atom stereocenters. The molecule has 0 N–H and O–H groups in total. The first kappa shape index (κ1) is 21.6. The second-order valence-electron chi connectivity index (χ2n) is 7.31. The maximum Gasteiger partial charge on any atom is 0.117 e. The Morgan fingerprint density at radius 3 is 1.11 bits per heavy atom. The third kappa shape index (κ3) is 3.24. The molecule has 0 saturated heterocycles. The van der Waals surface area contributed by atoms with Crippen molar-refractivity contribution in [1.29, 1.82) is 0 Å². The van der Waals surface area contributed by atoms with Crippen LogP contribution in [0, 0.1) is 27.7 Å². The Morgan fingerprint density at radius 2 is 0.821 bits per heavy atom. The number of hydrogen-bond acceptors (Lipinski definition) is 2. The second kappa shape index (κ2) is 8.14. The molecule has 4 rings (SSSR count). The Balaban J connectivity index is 2.17. The van der Waals surface area contributed by atoms with Gasteiger partial charge >= 0.3 is 0 Å². The van der Waals surface area contributed by atoms with E-state index in [0.29, 0.717) is 26.4 Å². The van der Waals surface area contributed by atoms with E-state index in [1.54, 1.807) is 0 Å². The lowest BCUT2D eigenvalue weighted by atomic mass is 9.85. The van der Waals surface area contributed by atoms with Gasteiger partial charge in [-0.3, -0.25) is 0 Å². The van der Waals surface area contributed by atoms with E-state index in [4.69, 9.17) is 54.4 Å². The Labute approximate surface area is 187 Å². The van der Waals surface area contributed by atoms with E-state index in [1.807, 2.05) is 0 Å². The van der Waals surface area contributed by atoms with Crippen LogP contribution >= 0.6 is 58.2 Å². The Bertz CT molecular complexity index is 910. The molecule has 0 bridgehead atoms. The van der Waals surface area contributed by atoms with Gasteiger partial charge in [0.15, 0.2) is 0 Å².